The number of carbonyl (C=O) groups is 2. The summed E-state index contributed by atoms with van der Waals surface area (Å²) in [5.41, 5.74) is 3.21. The molecule has 0 radical (unpaired) electrons. The van der Waals surface area contributed by atoms with E-state index in [0.717, 1.165) is 17.1 Å². The van der Waals surface area contributed by atoms with Gasteiger partial charge in [-0.25, -0.2) is 4.98 Å². The number of aromatic nitrogens is 2. The number of carbonyl (C=O) groups excluding carboxylic acids is 2. The molecule has 164 valence electrons. The zero-order valence-electron chi connectivity index (χ0n) is 18.6. The molecule has 0 saturated carbocycles. The van der Waals surface area contributed by atoms with Gasteiger partial charge >= 0.3 is 0 Å². The van der Waals surface area contributed by atoms with Gasteiger partial charge in [-0.3, -0.25) is 9.59 Å². The highest BCUT2D eigenvalue weighted by Crippen LogP contribution is 2.28. The highest BCUT2D eigenvalue weighted by molar-refractivity contribution is 6.00. The lowest BCUT2D eigenvalue weighted by Gasteiger charge is -2.36. The number of hydrogen-bond acceptors (Lipinski definition) is 6. The van der Waals surface area contributed by atoms with Crippen molar-refractivity contribution in [3.8, 4) is 5.88 Å². The van der Waals surface area contributed by atoms with Gasteiger partial charge in [-0.05, 0) is 44.0 Å². The predicted molar refractivity (Wildman–Crippen MR) is 118 cm³/mol. The van der Waals surface area contributed by atoms with Crippen molar-refractivity contribution in [3.63, 3.8) is 0 Å². The summed E-state index contributed by atoms with van der Waals surface area (Å²) < 4.78 is 5.24. The Bertz CT molecular complexity index is 1000. The number of aryl methyl sites for hydroxylation is 3. The Hall–Kier alpha value is -3.16. The lowest BCUT2D eigenvalue weighted by Crippen LogP contribution is -2.51. The van der Waals surface area contributed by atoms with E-state index < -0.39 is 0 Å². The molecule has 2 saturated heterocycles. The minimum absolute atomic E-state index is 0.0174. The van der Waals surface area contributed by atoms with E-state index in [9.17, 15) is 9.59 Å². The minimum atomic E-state index is -0.290. The van der Waals surface area contributed by atoms with Crippen LogP contribution >= 0.6 is 0 Å². The van der Waals surface area contributed by atoms with E-state index in [-0.39, 0.29) is 24.2 Å². The molecule has 0 bridgehead atoms. The molecule has 4 rings (SSSR count). The van der Waals surface area contributed by atoms with Gasteiger partial charge < -0.3 is 19.4 Å². The van der Waals surface area contributed by atoms with Gasteiger partial charge in [-0.1, -0.05) is 6.07 Å². The third kappa shape index (κ3) is 4.33. The number of ether oxygens (including phenoxy) is 1. The van der Waals surface area contributed by atoms with Gasteiger partial charge in [-0.2, -0.15) is 4.98 Å². The molecule has 2 aliphatic rings. The van der Waals surface area contributed by atoms with Crippen LogP contribution in [0.1, 0.15) is 23.4 Å². The van der Waals surface area contributed by atoms with Crippen molar-refractivity contribution in [1.29, 1.82) is 0 Å². The molecule has 2 aliphatic heterocycles. The van der Waals surface area contributed by atoms with Gasteiger partial charge in [0.15, 0.2) is 0 Å². The summed E-state index contributed by atoms with van der Waals surface area (Å²) in [5.74, 6) is 1.80. The second kappa shape index (κ2) is 8.53. The summed E-state index contributed by atoms with van der Waals surface area (Å²) in [6, 6.07) is 7.83. The lowest BCUT2D eigenvalue weighted by atomic mass is 10.1. The zero-order chi connectivity index (χ0) is 22.1. The monoisotopic (exact) mass is 423 g/mol. The third-order valence-corrected chi connectivity index (χ3v) is 6.20. The Balaban J connectivity index is 1.38. The van der Waals surface area contributed by atoms with E-state index in [1.165, 1.54) is 5.56 Å². The second-order valence-corrected chi connectivity index (χ2v) is 8.30. The highest BCUT2D eigenvalue weighted by atomic mass is 16.5. The van der Waals surface area contributed by atoms with E-state index in [2.05, 4.69) is 21.8 Å². The number of hydrogen-bond donors (Lipinski definition) is 0. The van der Waals surface area contributed by atoms with E-state index in [0.29, 0.717) is 44.4 Å². The fraction of sp³-hybridized carbons (Fsp3) is 0.478. The molecule has 3 heterocycles. The molecule has 2 fully saturated rings. The molecule has 1 atom stereocenters. The largest absolute Gasteiger partial charge is 0.481 e. The summed E-state index contributed by atoms with van der Waals surface area (Å²) in [6.45, 7) is 8.97. The molecule has 8 heteroatoms. The minimum Gasteiger partial charge on any atom is -0.481 e. The van der Waals surface area contributed by atoms with Gasteiger partial charge in [0.25, 0.3) is 0 Å². The molecule has 1 aromatic carbocycles. The molecule has 0 spiro atoms. The number of anilines is 2. The van der Waals surface area contributed by atoms with Crippen molar-refractivity contribution < 1.29 is 14.3 Å². The molecule has 2 amide bonds. The van der Waals surface area contributed by atoms with E-state index in [1.54, 1.807) is 12.0 Å². The SMILES string of the molecule is COc1cc(N2CCN(C(=O)C3CC(=O)N(c4ccc(C)c(C)c4)C3)CC2)nc(C)n1. The summed E-state index contributed by atoms with van der Waals surface area (Å²) >= 11 is 0. The van der Waals surface area contributed by atoms with Gasteiger partial charge in [0.05, 0.1) is 13.0 Å². The maximum absolute atomic E-state index is 13.1. The Kier molecular flexibility index (Phi) is 5.80. The average Bonchev–Trinajstić information content (AvgIpc) is 3.16. The average molecular weight is 424 g/mol. The second-order valence-electron chi connectivity index (χ2n) is 8.30. The molecule has 2 aromatic rings. The maximum Gasteiger partial charge on any atom is 0.228 e. The molecule has 0 aliphatic carbocycles. The Morgan fingerprint density at radius 1 is 1.03 bits per heavy atom. The topological polar surface area (TPSA) is 78.9 Å². The summed E-state index contributed by atoms with van der Waals surface area (Å²) in [4.78, 5) is 40.2. The molecular formula is C23H29N5O3. The summed E-state index contributed by atoms with van der Waals surface area (Å²) in [5, 5.41) is 0. The summed E-state index contributed by atoms with van der Waals surface area (Å²) in [7, 11) is 1.59. The molecule has 1 aromatic heterocycles. The number of methoxy groups -OCH3 is 1. The first-order valence-corrected chi connectivity index (χ1v) is 10.7. The standard InChI is InChI=1S/C23H29N5O3/c1-15-5-6-19(11-16(15)2)28-14-18(12-22(28)29)23(30)27-9-7-26(8-10-27)20-13-21(31-4)25-17(3)24-20/h5-6,11,13,18H,7-10,12,14H2,1-4H3. The predicted octanol–water partition coefficient (Wildman–Crippen LogP) is 2.11. The lowest BCUT2D eigenvalue weighted by molar-refractivity contribution is -0.136. The van der Waals surface area contributed by atoms with Crippen LogP contribution < -0.4 is 14.5 Å². The van der Waals surface area contributed by atoms with Gasteiger partial charge in [0.2, 0.25) is 17.7 Å². The van der Waals surface area contributed by atoms with Gasteiger partial charge in [0.1, 0.15) is 11.6 Å². The van der Waals surface area contributed by atoms with E-state index in [4.69, 9.17) is 4.74 Å². The van der Waals surface area contributed by atoms with Crippen molar-refractivity contribution >= 4 is 23.3 Å². The van der Waals surface area contributed by atoms with Crippen LogP contribution in [-0.2, 0) is 9.59 Å². The van der Waals surface area contributed by atoms with Gasteiger partial charge in [-0.15, -0.1) is 0 Å². The number of nitrogens with zero attached hydrogens (tertiary/aromatic N) is 5. The van der Waals surface area contributed by atoms with Crippen molar-refractivity contribution in [2.45, 2.75) is 27.2 Å². The Morgan fingerprint density at radius 2 is 1.77 bits per heavy atom. The molecular weight excluding hydrogens is 394 g/mol. The fourth-order valence-corrected chi connectivity index (χ4v) is 4.22. The Morgan fingerprint density at radius 3 is 2.45 bits per heavy atom. The molecule has 8 nitrogen and oxygen atoms in total. The third-order valence-electron chi connectivity index (χ3n) is 6.20. The number of benzene rings is 1. The van der Waals surface area contributed by atoms with Crippen LogP contribution in [0.15, 0.2) is 24.3 Å². The first-order chi connectivity index (χ1) is 14.9. The van der Waals surface area contributed by atoms with Crippen molar-refractivity contribution in [2.75, 3.05) is 49.6 Å². The van der Waals surface area contributed by atoms with Crippen molar-refractivity contribution in [3.05, 3.63) is 41.2 Å². The van der Waals surface area contributed by atoms with Crippen molar-refractivity contribution in [1.82, 2.24) is 14.9 Å². The Labute approximate surface area is 182 Å². The molecule has 1 unspecified atom stereocenters. The number of piperazine rings is 1. The first kappa shape index (κ1) is 21.1. The maximum atomic E-state index is 13.1. The smallest absolute Gasteiger partial charge is 0.228 e. The molecule has 0 N–H and O–H groups in total. The normalized spacial score (nSPS) is 19.2. The summed E-state index contributed by atoms with van der Waals surface area (Å²) in [6.07, 6.45) is 0.272. The number of rotatable bonds is 4. The first-order valence-electron chi connectivity index (χ1n) is 10.7. The van der Waals surface area contributed by atoms with Crippen LogP contribution in [0.5, 0.6) is 5.88 Å². The van der Waals surface area contributed by atoms with Crippen LogP contribution in [0.2, 0.25) is 0 Å². The van der Waals surface area contributed by atoms with E-state index >= 15 is 0 Å². The molecule has 31 heavy (non-hydrogen) atoms. The van der Waals surface area contributed by atoms with Crippen LogP contribution in [0.25, 0.3) is 0 Å². The highest BCUT2D eigenvalue weighted by Gasteiger charge is 2.38. The fourth-order valence-electron chi connectivity index (χ4n) is 4.22. The number of amides is 2. The van der Waals surface area contributed by atoms with Crippen LogP contribution in [0, 0.1) is 26.7 Å². The zero-order valence-corrected chi connectivity index (χ0v) is 18.6. The van der Waals surface area contributed by atoms with Crippen molar-refractivity contribution in [2.24, 2.45) is 5.92 Å². The van der Waals surface area contributed by atoms with Crippen LogP contribution in [0.4, 0.5) is 11.5 Å². The quantitative estimate of drug-likeness (QED) is 0.750. The van der Waals surface area contributed by atoms with Crippen LogP contribution in [-0.4, -0.2) is 66.5 Å². The van der Waals surface area contributed by atoms with E-state index in [1.807, 2.05) is 43.0 Å². The van der Waals surface area contributed by atoms with Gasteiger partial charge in [0, 0.05) is 50.9 Å². The van der Waals surface area contributed by atoms with Crippen LogP contribution in [0.3, 0.4) is 0 Å².